The lowest BCUT2D eigenvalue weighted by atomic mass is 10.1. The number of halogens is 1. The van der Waals surface area contributed by atoms with Gasteiger partial charge in [0, 0.05) is 11.8 Å². The zero-order chi connectivity index (χ0) is 18.5. The molecule has 2 amide bonds. The number of rotatable bonds is 4. The molecule has 132 valence electrons. The van der Waals surface area contributed by atoms with Gasteiger partial charge >= 0.3 is 0 Å². The number of hydrogen-bond acceptors (Lipinski definition) is 4. The lowest BCUT2D eigenvalue weighted by Crippen LogP contribution is -2.42. The van der Waals surface area contributed by atoms with Crippen molar-refractivity contribution in [1.29, 1.82) is 0 Å². The normalized spacial score (nSPS) is 10.5. The minimum atomic E-state index is -0.646. The molecule has 0 aliphatic heterocycles. The lowest BCUT2D eigenvalue weighted by molar-refractivity contribution is -0.121. The zero-order valence-corrected chi connectivity index (χ0v) is 13.6. The molecule has 3 aromatic rings. The number of carbonyl (C=O) groups excluding carboxylic acids is 2. The van der Waals surface area contributed by atoms with Crippen LogP contribution in [0.25, 0.3) is 10.8 Å². The third-order valence-corrected chi connectivity index (χ3v) is 3.78. The molecule has 0 saturated heterocycles. The van der Waals surface area contributed by atoms with E-state index in [1.807, 2.05) is 0 Å². The van der Waals surface area contributed by atoms with Crippen molar-refractivity contribution in [2.24, 2.45) is 0 Å². The minimum Gasteiger partial charge on any atom is -0.273 e. The Morgan fingerprint density at radius 1 is 1.00 bits per heavy atom. The largest absolute Gasteiger partial charge is 0.290 e. The molecule has 1 aromatic heterocycles. The highest BCUT2D eigenvalue weighted by Crippen LogP contribution is 2.11. The van der Waals surface area contributed by atoms with E-state index in [1.165, 1.54) is 12.1 Å². The molecule has 0 fully saturated rings. The van der Waals surface area contributed by atoms with Crippen LogP contribution >= 0.6 is 0 Å². The van der Waals surface area contributed by atoms with Gasteiger partial charge < -0.3 is 0 Å². The SMILES string of the molecule is O=C(CCc1ccc(F)cc1)NNC(=O)c1n[nH]c(=O)c2ccccc12. The van der Waals surface area contributed by atoms with Crippen LogP contribution in [0.3, 0.4) is 0 Å². The van der Waals surface area contributed by atoms with Crippen molar-refractivity contribution < 1.29 is 14.0 Å². The summed E-state index contributed by atoms with van der Waals surface area (Å²) in [5.74, 6) is -1.39. The van der Waals surface area contributed by atoms with Crippen LogP contribution < -0.4 is 16.4 Å². The number of aromatic amines is 1. The van der Waals surface area contributed by atoms with Gasteiger partial charge in [0.25, 0.3) is 11.5 Å². The fourth-order valence-corrected chi connectivity index (χ4v) is 2.44. The molecular weight excluding hydrogens is 339 g/mol. The Balaban J connectivity index is 1.60. The summed E-state index contributed by atoms with van der Waals surface area (Å²) >= 11 is 0. The first-order valence-electron chi connectivity index (χ1n) is 7.85. The van der Waals surface area contributed by atoms with E-state index in [0.29, 0.717) is 17.2 Å². The van der Waals surface area contributed by atoms with Crippen molar-refractivity contribution in [1.82, 2.24) is 21.0 Å². The van der Waals surface area contributed by atoms with E-state index in [2.05, 4.69) is 21.0 Å². The van der Waals surface area contributed by atoms with Gasteiger partial charge in [-0.05, 0) is 30.2 Å². The third-order valence-electron chi connectivity index (χ3n) is 3.78. The second-order valence-electron chi connectivity index (χ2n) is 5.58. The summed E-state index contributed by atoms with van der Waals surface area (Å²) in [6.45, 7) is 0. The number of fused-ring (bicyclic) bond motifs is 1. The number of benzene rings is 2. The fraction of sp³-hybridized carbons (Fsp3) is 0.111. The van der Waals surface area contributed by atoms with Gasteiger partial charge in [-0.1, -0.05) is 30.3 Å². The molecule has 3 N–H and O–H groups in total. The van der Waals surface area contributed by atoms with E-state index in [4.69, 9.17) is 0 Å². The Morgan fingerprint density at radius 3 is 2.42 bits per heavy atom. The molecule has 7 nitrogen and oxygen atoms in total. The van der Waals surface area contributed by atoms with E-state index in [9.17, 15) is 18.8 Å². The molecule has 2 aromatic carbocycles. The van der Waals surface area contributed by atoms with Gasteiger partial charge in [0.05, 0.1) is 5.39 Å². The number of H-pyrrole nitrogens is 1. The second-order valence-corrected chi connectivity index (χ2v) is 5.58. The maximum Gasteiger partial charge on any atom is 0.290 e. The molecule has 0 radical (unpaired) electrons. The molecule has 8 heteroatoms. The molecular formula is C18H15FN4O3. The number of carbonyl (C=O) groups is 2. The number of aryl methyl sites for hydroxylation is 1. The van der Waals surface area contributed by atoms with Crippen molar-refractivity contribution in [3.8, 4) is 0 Å². The smallest absolute Gasteiger partial charge is 0.273 e. The standard InChI is InChI=1S/C18H15FN4O3/c19-12-8-5-11(6-9-12)7-10-15(24)20-23-18(26)16-13-3-1-2-4-14(13)17(25)22-21-16/h1-6,8-9H,7,10H2,(H,20,24)(H,22,25)(H,23,26). The summed E-state index contributed by atoms with van der Waals surface area (Å²) in [5.41, 5.74) is 4.97. The summed E-state index contributed by atoms with van der Waals surface area (Å²) in [6, 6.07) is 12.4. The first-order valence-corrected chi connectivity index (χ1v) is 7.85. The first kappa shape index (κ1) is 17.3. The predicted octanol–water partition coefficient (Wildman–Crippen LogP) is 1.46. The minimum absolute atomic E-state index is 0.000894. The molecule has 0 saturated carbocycles. The number of aromatic nitrogens is 2. The summed E-state index contributed by atoms with van der Waals surface area (Å²) in [4.78, 5) is 35.8. The predicted molar refractivity (Wildman–Crippen MR) is 92.7 cm³/mol. The molecule has 0 bridgehead atoms. The van der Waals surface area contributed by atoms with Gasteiger partial charge in [0.15, 0.2) is 5.69 Å². The van der Waals surface area contributed by atoms with E-state index < -0.39 is 17.4 Å². The first-order chi connectivity index (χ1) is 12.5. The van der Waals surface area contributed by atoms with Crippen LogP contribution in [-0.4, -0.2) is 22.0 Å². The molecule has 1 heterocycles. The van der Waals surface area contributed by atoms with Gasteiger partial charge in [0.2, 0.25) is 5.91 Å². The van der Waals surface area contributed by atoms with Crippen LogP contribution in [-0.2, 0) is 11.2 Å². The monoisotopic (exact) mass is 354 g/mol. The molecule has 0 aliphatic rings. The lowest BCUT2D eigenvalue weighted by Gasteiger charge is -2.08. The van der Waals surface area contributed by atoms with Crippen LogP contribution in [0.15, 0.2) is 53.3 Å². The molecule has 0 spiro atoms. The zero-order valence-electron chi connectivity index (χ0n) is 13.6. The van der Waals surface area contributed by atoms with Crippen molar-refractivity contribution >= 4 is 22.6 Å². The Morgan fingerprint density at radius 2 is 1.69 bits per heavy atom. The Labute approximate surface area is 147 Å². The van der Waals surface area contributed by atoms with Crippen LogP contribution in [0, 0.1) is 5.82 Å². The summed E-state index contributed by atoms with van der Waals surface area (Å²) < 4.78 is 12.8. The van der Waals surface area contributed by atoms with Gasteiger partial charge in [-0.2, -0.15) is 5.10 Å². The van der Waals surface area contributed by atoms with Gasteiger partial charge in [-0.3, -0.25) is 25.2 Å². The molecule has 26 heavy (non-hydrogen) atoms. The highest BCUT2D eigenvalue weighted by molar-refractivity contribution is 6.05. The average Bonchev–Trinajstić information content (AvgIpc) is 2.66. The number of nitrogens with one attached hydrogen (secondary N) is 3. The molecule has 0 aliphatic carbocycles. The van der Waals surface area contributed by atoms with E-state index >= 15 is 0 Å². The van der Waals surface area contributed by atoms with Crippen molar-refractivity contribution in [3.63, 3.8) is 0 Å². The van der Waals surface area contributed by atoms with Crippen molar-refractivity contribution in [2.75, 3.05) is 0 Å². The Hall–Kier alpha value is -3.55. The van der Waals surface area contributed by atoms with Gasteiger partial charge in [-0.15, -0.1) is 0 Å². The molecule has 0 unspecified atom stereocenters. The van der Waals surface area contributed by atoms with Crippen LogP contribution in [0.5, 0.6) is 0 Å². The second kappa shape index (κ2) is 7.56. The average molecular weight is 354 g/mol. The summed E-state index contributed by atoms with van der Waals surface area (Å²) in [6.07, 6.45) is 0.521. The fourth-order valence-electron chi connectivity index (χ4n) is 2.44. The maximum atomic E-state index is 12.8. The number of amides is 2. The van der Waals surface area contributed by atoms with Crippen LogP contribution in [0.2, 0.25) is 0 Å². The van der Waals surface area contributed by atoms with Crippen LogP contribution in [0.1, 0.15) is 22.5 Å². The van der Waals surface area contributed by atoms with Crippen molar-refractivity contribution in [3.05, 3.63) is 76.0 Å². The quantitative estimate of drug-likeness (QED) is 0.617. The summed E-state index contributed by atoms with van der Waals surface area (Å²) in [5, 5.41) is 6.72. The number of nitrogens with zero attached hydrogens (tertiary/aromatic N) is 1. The topological polar surface area (TPSA) is 104 Å². The van der Waals surface area contributed by atoms with Gasteiger partial charge in [0.1, 0.15) is 5.82 Å². The van der Waals surface area contributed by atoms with E-state index in [1.54, 1.807) is 36.4 Å². The van der Waals surface area contributed by atoms with Crippen molar-refractivity contribution in [2.45, 2.75) is 12.8 Å². The Bertz CT molecular complexity index is 1010. The number of hydrogen-bond donors (Lipinski definition) is 3. The highest BCUT2D eigenvalue weighted by atomic mass is 19.1. The van der Waals surface area contributed by atoms with Gasteiger partial charge in [-0.25, -0.2) is 9.49 Å². The Kier molecular flexibility index (Phi) is 5.02. The van der Waals surface area contributed by atoms with E-state index in [-0.39, 0.29) is 17.9 Å². The third kappa shape index (κ3) is 3.92. The molecule has 0 atom stereocenters. The number of hydrazine groups is 1. The highest BCUT2D eigenvalue weighted by Gasteiger charge is 2.14. The maximum absolute atomic E-state index is 12.8. The molecule has 3 rings (SSSR count). The van der Waals surface area contributed by atoms with Crippen LogP contribution in [0.4, 0.5) is 4.39 Å². The summed E-state index contributed by atoms with van der Waals surface area (Å²) in [7, 11) is 0. The van der Waals surface area contributed by atoms with E-state index in [0.717, 1.165) is 5.56 Å².